The van der Waals surface area contributed by atoms with Gasteiger partial charge in [0, 0.05) is 40.8 Å². The number of amides is 1. The van der Waals surface area contributed by atoms with Crippen LogP contribution in [0.4, 0.5) is 4.39 Å². The number of carbonyl (C=O) groups excluding carboxylic acids is 1. The van der Waals surface area contributed by atoms with E-state index in [1.54, 1.807) is 24.8 Å². The van der Waals surface area contributed by atoms with Crippen LogP contribution in [0.25, 0.3) is 11.3 Å². The Bertz CT molecular complexity index is 949. The summed E-state index contributed by atoms with van der Waals surface area (Å²) in [5, 5.41) is 7.67. The maximum atomic E-state index is 13.4. The summed E-state index contributed by atoms with van der Waals surface area (Å²) in [5.41, 5.74) is 1.97. The molecule has 2 heterocycles. The third-order valence-electron chi connectivity index (χ3n) is 4.99. The van der Waals surface area contributed by atoms with Crippen molar-refractivity contribution in [1.29, 1.82) is 0 Å². The van der Waals surface area contributed by atoms with Crippen LogP contribution in [0.3, 0.4) is 0 Å². The molecule has 0 unspecified atom stereocenters. The molecule has 0 aliphatic heterocycles. The third-order valence-corrected chi connectivity index (χ3v) is 5.21. The molecule has 28 heavy (non-hydrogen) atoms. The van der Waals surface area contributed by atoms with Gasteiger partial charge in [-0.1, -0.05) is 11.6 Å². The normalized spacial score (nSPS) is 19.4. The SMILES string of the molecule is O=C(NC1CCC(n2cc(-c3cnccn3)cn2)CC1)c1cc(F)cc(Cl)c1. The van der Waals surface area contributed by atoms with Crippen LogP contribution >= 0.6 is 11.6 Å². The summed E-state index contributed by atoms with van der Waals surface area (Å²) >= 11 is 5.83. The van der Waals surface area contributed by atoms with Crippen LogP contribution < -0.4 is 5.32 Å². The van der Waals surface area contributed by atoms with E-state index in [1.165, 1.54) is 18.2 Å². The lowest BCUT2D eigenvalue weighted by atomic mass is 9.91. The maximum Gasteiger partial charge on any atom is 0.251 e. The summed E-state index contributed by atoms with van der Waals surface area (Å²) < 4.78 is 15.4. The fourth-order valence-electron chi connectivity index (χ4n) is 3.56. The van der Waals surface area contributed by atoms with Crippen molar-refractivity contribution in [3.63, 3.8) is 0 Å². The summed E-state index contributed by atoms with van der Waals surface area (Å²) in [6, 6.07) is 4.19. The largest absolute Gasteiger partial charge is 0.349 e. The van der Waals surface area contributed by atoms with Gasteiger partial charge in [0.1, 0.15) is 5.82 Å². The van der Waals surface area contributed by atoms with Gasteiger partial charge in [-0.05, 0) is 43.9 Å². The molecule has 1 saturated carbocycles. The van der Waals surface area contributed by atoms with Crippen molar-refractivity contribution >= 4 is 17.5 Å². The van der Waals surface area contributed by atoms with Gasteiger partial charge in [0.15, 0.2) is 0 Å². The number of nitrogens with zero attached hydrogens (tertiary/aromatic N) is 4. The van der Waals surface area contributed by atoms with Crippen molar-refractivity contribution in [3.05, 3.63) is 65.6 Å². The van der Waals surface area contributed by atoms with Gasteiger partial charge in [0.05, 0.1) is 24.1 Å². The number of hydrogen-bond donors (Lipinski definition) is 1. The molecular weight excluding hydrogens is 381 g/mol. The van der Waals surface area contributed by atoms with Gasteiger partial charge in [-0.15, -0.1) is 0 Å². The quantitative estimate of drug-likeness (QED) is 0.718. The van der Waals surface area contributed by atoms with Crippen LogP contribution in [-0.2, 0) is 0 Å². The number of benzene rings is 1. The van der Waals surface area contributed by atoms with Crippen LogP contribution in [-0.4, -0.2) is 31.7 Å². The Labute approximate surface area is 166 Å². The zero-order valence-corrected chi connectivity index (χ0v) is 15.8. The lowest BCUT2D eigenvalue weighted by molar-refractivity contribution is 0.0921. The number of hydrogen-bond acceptors (Lipinski definition) is 4. The minimum Gasteiger partial charge on any atom is -0.349 e. The minimum atomic E-state index is -0.515. The molecule has 1 fully saturated rings. The van der Waals surface area contributed by atoms with E-state index in [2.05, 4.69) is 20.4 Å². The number of carbonyl (C=O) groups is 1. The second kappa shape index (κ2) is 8.06. The van der Waals surface area contributed by atoms with Gasteiger partial charge >= 0.3 is 0 Å². The standard InChI is InChI=1S/C20H19ClFN5O/c21-15-7-13(8-16(22)9-15)20(28)26-17-1-3-18(4-2-17)27-12-14(10-25-27)19-11-23-5-6-24-19/h5-12,17-18H,1-4H2,(H,26,28). The second-order valence-electron chi connectivity index (χ2n) is 6.94. The summed E-state index contributed by atoms with van der Waals surface area (Å²) in [7, 11) is 0. The Balaban J connectivity index is 1.35. The number of rotatable bonds is 4. The van der Waals surface area contributed by atoms with Crippen molar-refractivity contribution in [2.24, 2.45) is 0 Å². The highest BCUT2D eigenvalue weighted by molar-refractivity contribution is 6.31. The molecule has 1 aromatic carbocycles. The van der Waals surface area contributed by atoms with E-state index in [-0.39, 0.29) is 28.6 Å². The molecule has 8 heteroatoms. The van der Waals surface area contributed by atoms with E-state index in [0.29, 0.717) is 0 Å². The first-order valence-corrected chi connectivity index (χ1v) is 9.54. The zero-order valence-electron chi connectivity index (χ0n) is 15.1. The number of aromatic nitrogens is 4. The molecule has 0 atom stereocenters. The van der Waals surface area contributed by atoms with Crippen LogP contribution in [0.5, 0.6) is 0 Å². The maximum absolute atomic E-state index is 13.4. The number of halogens is 2. The number of nitrogens with one attached hydrogen (secondary N) is 1. The van der Waals surface area contributed by atoms with E-state index >= 15 is 0 Å². The van der Waals surface area contributed by atoms with E-state index in [4.69, 9.17) is 11.6 Å². The van der Waals surface area contributed by atoms with Gasteiger partial charge in [-0.25, -0.2) is 4.39 Å². The third kappa shape index (κ3) is 4.20. The summed E-state index contributed by atoms with van der Waals surface area (Å²) in [4.78, 5) is 20.7. The van der Waals surface area contributed by atoms with Gasteiger partial charge in [0.25, 0.3) is 5.91 Å². The predicted octanol–water partition coefficient (Wildman–Crippen LogP) is 4.05. The molecule has 2 aromatic heterocycles. The highest BCUT2D eigenvalue weighted by atomic mass is 35.5. The molecule has 1 N–H and O–H groups in total. The highest BCUT2D eigenvalue weighted by Gasteiger charge is 2.24. The molecule has 0 radical (unpaired) electrons. The lowest BCUT2D eigenvalue weighted by Gasteiger charge is -2.29. The van der Waals surface area contributed by atoms with Gasteiger partial charge in [-0.2, -0.15) is 5.10 Å². The van der Waals surface area contributed by atoms with Crippen LogP contribution in [0.1, 0.15) is 42.1 Å². The molecule has 1 aliphatic rings. The summed E-state index contributed by atoms with van der Waals surface area (Å²) in [6.45, 7) is 0. The van der Waals surface area contributed by atoms with Gasteiger partial charge < -0.3 is 5.32 Å². The van der Waals surface area contributed by atoms with Crippen LogP contribution in [0.15, 0.2) is 49.2 Å². The van der Waals surface area contributed by atoms with E-state index in [9.17, 15) is 9.18 Å². The first-order chi connectivity index (χ1) is 13.6. The highest BCUT2D eigenvalue weighted by Crippen LogP contribution is 2.29. The van der Waals surface area contributed by atoms with Crippen molar-refractivity contribution in [2.75, 3.05) is 0 Å². The van der Waals surface area contributed by atoms with Crippen LogP contribution in [0, 0.1) is 5.82 Å². The Morgan fingerprint density at radius 1 is 1.14 bits per heavy atom. The van der Waals surface area contributed by atoms with Crippen molar-refractivity contribution in [1.82, 2.24) is 25.1 Å². The topological polar surface area (TPSA) is 72.7 Å². The monoisotopic (exact) mass is 399 g/mol. The average molecular weight is 400 g/mol. The molecule has 6 nitrogen and oxygen atoms in total. The van der Waals surface area contributed by atoms with Gasteiger partial charge in [0.2, 0.25) is 0 Å². The molecule has 144 valence electrons. The predicted molar refractivity (Wildman–Crippen MR) is 103 cm³/mol. The molecule has 1 aliphatic carbocycles. The molecule has 4 rings (SSSR count). The van der Waals surface area contributed by atoms with E-state index < -0.39 is 5.82 Å². The van der Waals surface area contributed by atoms with E-state index in [0.717, 1.165) is 36.9 Å². The smallest absolute Gasteiger partial charge is 0.251 e. The average Bonchev–Trinajstić information content (AvgIpc) is 3.19. The Hall–Kier alpha value is -2.80. The van der Waals surface area contributed by atoms with Crippen molar-refractivity contribution < 1.29 is 9.18 Å². The first-order valence-electron chi connectivity index (χ1n) is 9.16. The Kier molecular flexibility index (Phi) is 5.34. The second-order valence-corrected chi connectivity index (χ2v) is 7.37. The lowest BCUT2D eigenvalue weighted by Crippen LogP contribution is -2.38. The molecule has 0 saturated heterocycles. The Morgan fingerprint density at radius 2 is 1.96 bits per heavy atom. The van der Waals surface area contributed by atoms with Crippen LogP contribution in [0.2, 0.25) is 5.02 Å². The molecular formula is C20H19ClFN5O. The first kappa shape index (κ1) is 18.6. The molecule has 1 amide bonds. The van der Waals surface area contributed by atoms with E-state index in [1.807, 2.05) is 10.9 Å². The summed E-state index contributed by atoms with van der Waals surface area (Å²) in [6.07, 6.45) is 12.3. The fraction of sp³-hybridized carbons (Fsp3) is 0.300. The zero-order chi connectivity index (χ0) is 19.5. The van der Waals surface area contributed by atoms with Crippen molar-refractivity contribution in [2.45, 2.75) is 37.8 Å². The molecule has 0 bridgehead atoms. The Morgan fingerprint density at radius 3 is 2.68 bits per heavy atom. The summed E-state index contributed by atoms with van der Waals surface area (Å²) in [5.74, 6) is -0.812. The minimum absolute atomic E-state index is 0.0563. The van der Waals surface area contributed by atoms with Crippen molar-refractivity contribution in [3.8, 4) is 11.3 Å². The fourth-order valence-corrected chi connectivity index (χ4v) is 3.78. The van der Waals surface area contributed by atoms with Gasteiger partial charge in [-0.3, -0.25) is 19.4 Å². The molecule has 0 spiro atoms. The molecule has 3 aromatic rings.